The summed E-state index contributed by atoms with van der Waals surface area (Å²) in [6.45, 7) is 2.21. The summed E-state index contributed by atoms with van der Waals surface area (Å²) in [4.78, 5) is 13.5. The van der Waals surface area contributed by atoms with E-state index in [9.17, 15) is 4.79 Å². The molecule has 0 aliphatic rings. The van der Waals surface area contributed by atoms with Gasteiger partial charge in [0, 0.05) is 13.6 Å². The number of benzene rings is 1. The summed E-state index contributed by atoms with van der Waals surface area (Å²) in [5.41, 5.74) is 6.70. The average Bonchev–Trinajstić information content (AvgIpc) is 2.35. The molecule has 1 aromatic carbocycles. The number of amides is 1. The van der Waals surface area contributed by atoms with Crippen LogP contribution in [-0.2, 0) is 4.79 Å². The van der Waals surface area contributed by atoms with Crippen molar-refractivity contribution in [2.45, 2.75) is 25.5 Å². The van der Waals surface area contributed by atoms with Crippen LogP contribution >= 0.6 is 0 Å². The molecule has 0 saturated heterocycles. The molecule has 0 bridgehead atoms. The van der Waals surface area contributed by atoms with Crippen LogP contribution in [0.1, 0.15) is 24.9 Å². The molecule has 0 aliphatic heterocycles. The molecule has 4 heteroatoms. The first-order valence-electron chi connectivity index (χ1n) is 5.76. The summed E-state index contributed by atoms with van der Waals surface area (Å²) < 4.78 is 0. The fourth-order valence-electron chi connectivity index (χ4n) is 1.53. The van der Waals surface area contributed by atoms with Crippen LogP contribution in [-0.4, -0.2) is 35.6 Å². The average molecular weight is 236 g/mol. The van der Waals surface area contributed by atoms with Gasteiger partial charge in [-0.2, -0.15) is 0 Å². The topological polar surface area (TPSA) is 66.6 Å². The molecular weight excluding hydrogens is 216 g/mol. The highest BCUT2D eigenvalue weighted by atomic mass is 16.3. The van der Waals surface area contributed by atoms with Gasteiger partial charge < -0.3 is 15.7 Å². The van der Waals surface area contributed by atoms with Crippen LogP contribution in [0.5, 0.6) is 0 Å². The third-order valence-corrected chi connectivity index (χ3v) is 2.68. The summed E-state index contributed by atoms with van der Waals surface area (Å²) in [7, 11) is 1.70. The zero-order valence-corrected chi connectivity index (χ0v) is 10.3. The van der Waals surface area contributed by atoms with Gasteiger partial charge in [0.15, 0.2) is 0 Å². The molecule has 0 spiro atoms. The van der Waals surface area contributed by atoms with E-state index < -0.39 is 12.1 Å². The van der Waals surface area contributed by atoms with Crippen molar-refractivity contribution in [3.05, 3.63) is 35.9 Å². The predicted molar refractivity (Wildman–Crippen MR) is 67.3 cm³/mol. The van der Waals surface area contributed by atoms with E-state index in [2.05, 4.69) is 0 Å². The fourth-order valence-corrected chi connectivity index (χ4v) is 1.53. The van der Waals surface area contributed by atoms with Gasteiger partial charge in [-0.1, -0.05) is 30.3 Å². The molecule has 0 fully saturated rings. The number of aliphatic hydroxyl groups is 1. The van der Waals surface area contributed by atoms with Crippen molar-refractivity contribution < 1.29 is 9.90 Å². The second-order valence-corrected chi connectivity index (χ2v) is 4.29. The molecule has 17 heavy (non-hydrogen) atoms. The van der Waals surface area contributed by atoms with Crippen LogP contribution in [0, 0.1) is 0 Å². The predicted octanol–water partition coefficient (Wildman–Crippen LogP) is 0.916. The van der Waals surface area contributed by atoms with E-state index in [1.165, 1.54) is 0 Å². The Hall–Kier alpha value is -1.39. The van der Waals surface area contributed by atoms with E-state index in [1.54, 1.807) is 18.9 Å². The van der Waals surface area contributed by atoms with Crippen molar-refractivity contribution in [2.24, 2.45) is 5.73 Å². The van der Waals surface area contributed by atoms with Crippen molar-refractivity contribution in [1.82, 2.24) is 4.90 Å². The van der Waals surface area contributed by atoms with Gasteiger partial charge in [-0.15, -0.1) is 0 Å². The summed E-state index contributed by atoms with van der Waals surface area (Å²) in [6, 6.07) is 8.65. The first-order chi connectivity index (χ1) is 8.02. The number of carbonyl (C=O) groups excluding carboxylic acids is 1. The number of nitrogens with zero attached hydrogens (tertiary/aromatic N) is 1. The molecule has 1 aromatic rings. The van der Waals surface area contributed by atoms with E-state index in [1.807, 2.05) is 30.3 Å². The smallest absolute Gasteiger partial charge is 0.243 e. The second-order valence-electron chi connectivity index (χ2n) is 4.29. The van der Waals surface area contributed by atoms with Crippen molar-refractivity contribution in [1.29, 1.82) is 0 Å². The van der Waals surface area contributed by atoms with Crippen LogP contribution in [0.3, 0.4) is 0 Å². The van der Waals surface area contributed by atoms with Crippen LogP contribution in [0.25, 0.3) is 0 Å². The first kappa shape index (κ1) is 13.7. The highest BCUT2D eigenvalue weighted by molar-refractivity contribution is 5.82. The monoisotopic (exact) mass is 236 g/mol. The standard InChI is InChI=1S/C13H20N2O2/c1-10(16)8-9-15(2)13(17)12(14)11-6-4-3-5-7-11/h3-7,10,12,16H,8-9,14H2,1-2H3. The Morgan fingerprint density at radius 1 is 1.41 bits per heavy atom. The van der Waals surface area contributed by atoms with Crippen molar-refractivity contribution in [3.8, 4) is 0 Å². The van der Waals surface area contributed by atoms with Crippen molar-refractivity contribution in [3.63, 3.8) is 0 Å². The normalized spacial score (nSPS) is 14.1. The largest absolute Gasteiger partial charge is 0.393 e. The van der Waals surface area contributed by atoms with Gasteiger partial charge in [0.1, 0.15) is 6.04 Å². The van der Waals surface area contributed by atoms with Crippen LogP contribution in [0.4, 0.5) is 0 Å². The molecule has 0 heterocycles. The lowest BCUT2D eigenvalue weighted by Crippen LogP contribution is -2.37. The van der Waals surface area contributed by atoms with Crippen LogP contribution in [0.15, 0.2) is 30.3 Å². The van der Waals surface area contributed by atoms with Crippen LogP contribution in [0.2, 0.25) is 0 Å². The Morgan fingerprint density at radius 3 is 2.53 bits per heavy atom. The number of hydrogen-bond donors (Lipinski definition) is 2. The third-order valence-electron chi connectivity index (χ3n) is 2.68. The lowest BCUT2D eigenvalue weighted by molar-refractivity contribution is -0.131. The Bertz CT molecular complexity index is 352. The van der Waals surface area contributed by atoms with Gasteiger partial charge in [0.25, 0.3) is 0 Å². The number of aliphatic hydroxyl groups excluding tert-OH is 1. The minimum Gasteiger partial charge on any atom is -0.393 e. The summed E-state index contributed by atoms with van der Waals surface area (Å²) >= 11 is 0. The highest BCUT2D eigenvalue weighted by Crippen LogP contribution is 2.12. The quantitative estimate of drug-likeness (QED) is 0.798. The molecule has 0 radical (unpaired) electrons. The highest BCUT2D eigenvalue weighted by Gasteiger charge is 2.19. The maximum absolute atomic E-state index is 12.0. The number of nitrogens with two attached hydrogens (primary N) is 1. The molecule has 0 aromatic heterocycles. The molecule has 1 amide bonds. The molecule has 0 saturated carbocycles. The van der Waals surface area contributed by atoms with Gasteiger partial charge in [0.05, 0.1) is 6.10 Å². The van der Waals surface area contributed by atoms with Gasteiger partial charge in [-0.25, -0.2) is 0 Å². The summed E-state index contributed by atoms with van der Waals surface area (Å²) in [6.07, 6.45) is 0.155. The van der Waals surface area contributed by atoms with E-state index in [-0.39, 0.29) is 5.91 Å². The molecule has 2 atom stereocenters. The Morgan fingerprint density at radius 2 is 2.00 bits per heavy atom. The van der Waals surface area contributed by atoms with Gasteiger partial charge >= 0.3 is 0 Å². The Labute approximate surface area is 102 Å². The minimum absolute atomic E-state index is 0.128. The number of rotatable bonds is 5. The maximum atomic E-state index is 12.0. The van der Waals surface area contributed by atoms with Gasteiger partial charge in [-0.05, 0) is 18.9 Å². The molecule has 0 aliphatic carbocycles. The van der Waals surface area contributed by atoms with Crippen molar-refractivity contribution >= 4 is 5.91 Å². The zero-order valence-electron chi connectivity index (χ0n) is 10.3. The number of likely N-dealkylation sites (N-methyl/N-ethyl adjacent to an activating group) is 1. The number of hydrogen-bond acceptors (Lipinski definition) is 3. The number of carbonyl (C=O) groups is 1. The summed E-state index contributed by atoms with van der Waals surface area (Å²) in [5, 5.41) is 9.17. The minimum atomic E-state index is -0.629. The first-order valence-corrected chi connectivity index (χ1v) is 5.76. The molecular formula is C13H20N2O2. The third kappa shape index (κ3) is 4.17. The molecule has 2 unspecified atom stereocenters. The SMILES string of the molecule is CC(O)CCN(C)C(=O)C(N)c1ccccc1. The lowest BCUT2D eigenvalue weighted by atomic mass is 10.1. The second kappa shape index (κ2) is 6.37. The molecule has 94 valence electrons. The van der Waals surface area contributed by atoms with E-state index in [0.717, 1.165) is 5.56 Å². The lowest BCUT2D eigenvalue weighted by Gasteiger charge is -2.22. The molecule has 3 N–H and O–H groups in total. The zero-order chi connectivity index (χ0) is 12.8. The Balaban J connectivity index is 2.57. The van der Waals surface area contributed by atoms with E-state index in [4.69, 9.17) is 10.8 Å². The molecule has 1 rings (SSSR count). The van der Waals surface area contributed by atoms with Gasteiger partial charge in [0.2, 0.25) is 5.91 Å². The summed E-state index contributed by atoms with van der Waals surface area (Å²) in [5.74, 6) is -0.128. The fraction of sp³-hybridized carbons (Fsp3) is 0.462. The Kier molecular flexibility index (Phi) is 5.12. The van der Waals surface area contributed by atoms with Crippen molar-refractivity contribution in [2.75, 3.05) is 13.6 Å². The van der Waals surface area contributed by atoms with E-state index >= 15 is 0 Å². The van der Waals surface area contributed by atoms with E-state index in [0.29, 0.717) is 13.0 Å². The molecule has 4 nitrogen and oxygen atoms in total. The van der Waals surface area contributed by atoms with Gasteiger partial charge in [-0.3, -0.25) is 4.79 Å². The van der Waals surface area contributed by atoms with Crippen LogP contribution < -0.4 is 5.73 Å². The maximum Gasteiger partial charge on any atom is 0.243 e.